The molecule has 1 saturated heterocycles. The molecular weight excluding hydrogens is 279 g/mol. The highest BCUT2D eigenvalue weighted by atomic mass is 32.1. The Balaban J connectivity index is 2.39. The summed E-state index contributed by atoms with van der Waals surface area (Å²) in [5, 5.41) is 6.01. The zero-order valence-electron chi connectivity index (χ0n) is 11.0. The topological polar surface area (TPSA) is 50.4 Å². The van der Waals surface area contributed by atoms with Gasteiger partial charge < -0.3 is 15.4 Å². The van der Waals surface area contributed by atoms with Gasteiger partial charge in [-0.2, -0.15) is 0 Å². The molecule has 1 heterocycles. The molecule has 1 aromatic carbocycles. The molecule has 0 spiro atoms. The van der Waals surface area contributed by atoms with Crippen molar-refractivity contribution in [1.82, 2.24) is 10.6 Å². The fraction of sp³-hybridized carbons (Fsp3) is 0.286. The molecule has 0 aromatic heterocycles. The number of carbonyl (C=O) groups is 1. The number of esters is 1. The number of halogens is 1. The molecule has 6 heteroatoms. The fourth-order valence-electron chi connectivity index (χ4n) is 2.18. The lowest BCUT2D eigenvalue weighted by Crippen LogP contribution is -2.51. The van der Waals surface area contributed by atoms with Crippen LogP contribution in [0.1, 0.15) is 18.5 Å². The molecule has 0 aliphatic carbocycles. The predicted octanol–water partition coefficient (Wildman–Crippen LogP) is 2.04. The average molecular weight is 294 g/mol. The number of carbonyl (C=O) groups excluding carboxylic acids is 1. The Morgan fingerprint density at radius 1 is 1.50 bits per heavy atom. The number of rotatable bonds is 3. The first-order valence-electron chi connectivity index (χ1n) is 6.22. The van der Waals surface area contributed by atoms with Gasteiger partial charge in [0.1, 0.15) is 11.7 Å². The summed E-state index contributed by atoms with van der Waals surface area (Å²) in [7, 11) is 0. The number of nitrogens with one attached hydrogen (secondary N) is 2. The highest BCUT2D eigenvalue weighted by molar-refractivity contribution is 7.80. The molecule has 2 unspecified atom stereocenters. The minimum Gasteiger partial charge on any atom is -0.465 e. The van der Waals surface area contributed by atoms with E-state index in [1.165, 1.54) is 6.07 Å². The predicted molar refractivity (Wildman–Crippen MR) is 77.3 cm³/mol. The molecule has 0 saturated carbocycles. The van der Waals surface area contributed by atoms with E-state index in [-0.39, 0.29) is 6.61 Å². The first kappa shape index (κ1) is 14.5. The Bertz CT molecular complexity index is 562. The van der Waals surface area contributed by atoms with E-state index in [1.54, 1.807) is 25.1 Å². The van der Waals surface area contributed by atoms with E-state index >= 15 is 0 Å². The quantitative estimate of drug-likeness (QED) is 0.660. The summed E-state index contributed by atoms with van der Waals surface area (Å²) in [6, 6.07) is 5.62. The summed E-state index contributed by atoms with van der Waals surface area (Å²) in [5.74, 6) is -1.61. The van der Waals surface area contributed by atoms with E-state index in [4.69, 9.17) is 17.0 Å². The van der Waals surface area contributed by atoms with E-state index in [0.29, 0.717) is 16.4 Å². The minimum atomic E-state index is -0.737. The second-order valence-electron chi connectivity index (χ2n) is 4.35. The van der Waals surface area contributed by atoms with Crippen LogP contribution in [-0.2, 0) is 9.53 Å². The largest absolute Gasteiger partial charge is 0.465 e. The fourth-order valence-corrected chi connectivity index (χ4v) is 2.44. The summed E-state index contributed by atoms with van der Waals surface area (Å²) in [6.07, 6.45) is 0. The molecule has 2 rings (SSSR count). The van der Waals surface area contributed by atoms with Crippen LogP contribution in [0.25, 0.3) is 0 Å². The van der Waals surface area contributed by atoms with Gasteiger partial charge in [0.2, 0.25) is 0 Å². The monoisotopic (exact) mass is 294 g/mol. The standard InChI is InChI=1S/C14H15FN2O2S/c1-3-19-13(18)11-8(2)16-14(20)17-12(11)9-6-4-5-7-10(9)15/h4-7,11-12H,2-3H2,1H3,(H2,16,17,20). The van der Waals surface area contributed by atoms with Gasteiger partial charge in [0.05, 0.1) is 12.6 Å². The van der Waals surface area contributed by atoms with Crippen molar-refractivity contribution < 1.29 is 13.9 Å². The summed E-state index contributed by atoms with van der Waals surface area (Å²) in [5.41, 5.74) is 0.760. The van der Waals surface area contributed by atoms with E-state index in [9.17, 15) is 9.18 Å². The Morgan fingerprint density at radius 3 is 2.85 bits per heavy atom. The summed E-state index contributed by atoms with van der Waals surface area (Å²) < 4.78 is 19.0. The average Bonchev–Trinajstić information content (AvgIpc) is 2.38. The van der Waals surface area contributed by atoms with E-state index in [1.807, 2.05) is 0 Å². The van der Waals surface area contributed by atoms with Gasteiger partial charge in [-0.15, -0.1) is 0 Å². The van der Waals surface area contributed by atoms with Crippen LogP contribution in [-0.4, -0.2) is 17.7 Å². The summed E-state index contributed by atoms with van der Waals surface area (Å²) in [6.45, 7) is 5.76. The summed E-state index contributed by atoms with van der Waals surface area (Å²) >= 11 is 5.05. The van der Waals surface area contributed by atoms with Crippen LogP contribution in [0.4, 0.5) is 4.39 Å². The molecule has 2 atom stereocenters. The number of ether oxygens (including phenoxy) is 1. The van der Waals surface area contributed by atoms with Crippen molar-refractivity contribution in [3.63, 3.8) is 0 Å². The van der Waals surface area contributed by atoms with Crippen molar-refractivity contribution in [3.05, 3.63) is 47.9 Å². The Hall–Kier alpha value is -1.95. The maximum absolute atomic E-state index is 14.0. The molecule has 20 heavy (non-hydrogen) atoms. The Labute approximate surface area is 122 Å². The molecule has 1 aromatic rings. The second-order valence-corrected chi connectivity index (χ2v) is 4.76. The molecule has 4 nitrogen and oxygen atoms in total. The van der Waals surface area contributed by atoms with Crippen molar-refractivity contribution in [2.24, 2.45) is 5.92 Å². The zero-order chi connectivity index (χ0) is 14.7. The molecule has 1 aliphatic rings. The number of thiocarbonyl (C=S) groups is 1. The number of hydrogen-bond acceptors (Lipinski definition) is 3. The van der Waals surface area contributed by atoms with E-state index in [2.05, 4.69) is 17.2 Å². The SMILES string of the molecule is C=C1NC(=S)NC(c2ccccc2F)C1C(=O)OCC. The zero-order valence-corrected chi connectivity index (χ0v) is 11.8. The molecule has 0 radical (unpaired) electrons. The first-order valence-corrected chi connectivity index (χ1v) is 6.62. The Kier molecular flexibility index (Phi) is 4.34. The smallest absolute Gasteiger partial charge is 0.317 e. The third kappa shape index (κ3) is 2.80. The van der Waals surface area contributed by atoms with Gasteiger partial charge >= 0.3 is 5.97 Å². The van der Waals surface area contributed by atoms with E-state index < -0.39 is 23.7 Å². The molecule has 1 fully saturated rings. The van der Waals surface area contributed by atoms with Gasteiger partial charge in [-0.1, -0.05) is 24.8 Å². The number of hydrogen-bond donors (Lipinski definition) is 2. The number of benzene rings is 1. The van der Waals surface area contributed by atoms with Crippen molar-refractivity contribution in [2.75, 3.05) is 6.61 Å². The molecule has 0 amide bonds. The highest BCUT2D eigenvalue weighted by Gasteiger charge is 2.38. The van der Waals surface area contributed by atoms with Gasteiger partial charge in [-0.3, -0.25) is 4.79 Å². The maximum atomic E-state index is 14.0. The Morgan fingerprint density at radius 2 is 2.20 bits per heavy atom. The van der Waals surface area contributed by atoms with Gasteiger partial charge in [-0.25, -0.2) is 4.39 Å². The summed E-state index contributed by atoms with van der Waals surface area (Å²) in [4.78, 5) is 12.1. The second kappa shape index (κ2) is 6.00. The van der Waals surface area contributed by atoms with Gasteiger partial charge in [0.25, 0.3) is 0 Å². The van der Waals surface area contributed by atoms with Crippen molar-refractivity contribution in [3.8, 4) is 0 Å². The van der Waals surface area contributed by atoms with Crippen LogP contribution in [0.15, 0.2) is 36.5 Å². The van der Waals surface area contributed by atoms with E-state index in [0.717, 1.165) is 0 Å². The van der Waals surface area contributed by atoms with Crippen molar-refractivity contribution >= 4 is 23.3 Å². The third-order valence-corrected chi connectivity index (χ3v) is 3.27. The van der Waals surface area contributed by atoms with Crippen LogP contribution in [0.2, 0.25) is 0 Å². The minimum absolute atomic E-state index is 0.247. The molecule has 1 aliphatic heterocycles. The molecular formula is C14H15FN2O2S. The van der Waals surface area contributed by atoms with Crippen molar-refractivity contribution in [2.45, 2.75) is 13.0 Å². The lowest BCUT2D eigenvalue weighted by atomic mass is 9.89. The third-order valence-electron chi connectivity index (χ3n) is 3.05. The van der Waals surface area contributed by atoms with Gasteiger partial charge in [0, 0.05) is 11.3 Å². The highest BCUT2D eigenvalue weighted by Crippen LogP contribution is 2.31. The van der Waals surface area contributed by atoms with Crippen molar-refractivity contribution in [1.29, 1.82) is 0 Å². The first-order chi connectivity index (χ1) is 9.54. The van der Waals surface area contributed by atoms with Crippen LogP contribution < -0.4 is 10.6 Å². The molecule has 0 bridgehead atoms. The van der Waals surface area contributed by atoms with Crippen LogP contribution in [0.3, 0.4) is 0 Å². The van der Waals surface area contributed by atoms with Gasteiger partial charge in [-0.05, 0) is 25.2 Å². The lowest BCUT2D eigenvalue weighted by molar-refractivity contribution is -0.147. The normalized spacial score (nSPS) is 21.9. The maximum Gasteiger partial charge on any atom is 0.317 e. The molecule has 2 N–H and O–H groups in total. The van der Waals surface area contributed by atoms with Crippen LogP contribution >= 0.6 is 12.2 Å². The lowest BCUT2D eigenvalue weighted by Gasteiger charge is -2.34. The molecule has 106 valence electrons. The van der Waals surface area contributed by atoms with Gasteiger partial charge in [0.15, 0.2) is 5.11 Å². The van der Waals surface area contributed by atoms with Crippen LogP contribution in [0.5, 0.6) is 0 Å². The van der Waals surface area contributed by atoms with Crippen LogP contribution in [0, 0.1) is 11.7 Å².